The minimum Gasteiger partial charge on any atom is -0.480 e. The summed E-state index contributed by atoms with van der Waals surface area (Å²) >= 11 is 0. The number of aliphatic hydroxyl groups excluding tert-OH is 1. The van der Waals surface area contributed by atoms with Gasteiger partial charge in [-0.2, -0.15) is 0 Å². The van der Waals surface area contributed by atoms with Gasteiger partial charge in [0.05, 0.1) is 5.71 Å². The molecule has 0 radical (unpaired) electrons. The Hall–Kier alpha value is -2.55. The molecule has 2 aromatic rings. The summed E-state index contributed by atoms with van der Waals surface area (Å²) in [4.78, 5) is 4.53. The van der Waals surface area contributed by atoms with Crippen LogP contribution in [-0.4, -0.2) is 16.4 Å². The average Bonchev–Trinajstić information content (AvgIpc) is 2.68. The SMILES string of the molecule is CCC(CC)(CC)O/C(O)=C/N=C(c1ccccc1)c1ccccc1. The lowest BCUT2D eigenvalue weighted by Gasteiger charge is -2.30. The van der Waals surface area contributed by atoms with E-state index in [2.05, 4.69) is 25.8 Å². The largest absolute Gasteiger partial charge is 0.480 e. The Morgan fingerprint density at radius 3 is 1.72 bits per heavy atom. The van der Waals surface area contributed by atoms with Crippen molar-refractivity contribution in [1.82, 2.24) is 0 Å². The Morgan fingerprint density at radius 2 is 1.32 bits per heavy atom. The number of aliphatic hydroxyl groups is 1. The molecule has 2 aromatic carbocycles. The summed E-state index contributed by atoms with van der Waals surface area (Å²) < 4.78 is 5.82. The second-order valence-electron chi connectivity index (χ2n) is 6.02. The molecule has 3 heteroatoms. The van der Waals surface area contributed by atoms with Crippen LogP contribution in [0.4, 0.5) is 0 Å². The van der Waals surface area contributed by atoms with Crippen molar-refractivity contribution in [1.29, 1.82) is 0 Å². The van der Waals surface area contributed by atoms with Crippen LogP contribution in [0.15, 0.2) is 77.8 Å². The van der Waals surface area contributed by atoms with Crippen LogP contribution >= 0.6 is 0 Å². The highest BCUT2D eigenvalue weighted by Crippen LogP contribution is 2.26. The average molecular weight is 337 g/mol. The third-order valence-electron chi connectivity index (χ3n) is 4.65. The van der Waals surface area contributed by atoms with Gasteiger partial charge < -0.3 is 9.84 Å². The normalized spacial score (nSPS) is 11.9. The van der Waals surface area contributed by atoms with Crippen molar-refractivity contribution < 1.29 is 9.84 Å². The molecule has 0 saturated heterocycles. The van der Waals surface area contributed by atoms with Gasteiger partial charge in [-0.25, -0.2) is 4.99 Å². The van der Waals surface area contributed by atoms with Crippen molar-refractivity contribution in [2.24, 2.45) is 4.99 Å². The number of ether oxygens (including phenoxy) is 1. The molecule has 1 N–H and O–H groups in total. The minimum absolute atomic E-state index is 0.144. The third-order valence-corrected chi connectivity index (χ3v) is 4.65. The molecule has 0 aliphatic carbocycles. The molecule has 25 heavy (non-hydrogen) atoms. The predicted octanol–water partition coefficient (Wildman–Crippen LogP) is 5.87. The number of nitrogens with zero attached hydrogens (tertiary/aromatic N) is 1. The molecule has 0 unspecified atom stereocenters. The summed E-state index contributed by atoms with van der Waals surface area (Å²) in [5.41, 5.74) is 2.44. The van der Waals surface area contributed by atoms with Gasteiger partial charge in [-0.3, -0.25) is 0 Å². The van der Waals surface area contributed by atoms with Gasteiger partial charge in [-0.05, 0) is 19.3 Å². The molecule has 0 aliphatic heterocycles. The minimum atomic E-state index is -0.338. The van der Waals surface area contributed by atoms with E-state index >= 15 is 0 Å². The lowest BCUT2D eigenvalue weighted by molar-refractivity contribution is -0.0596. The second-order valence-corrected chi connectivity index (χ2v) is 6.02. The van der Waals surface area contributed by atoms with E-state index in [0.29, 0.717) is 0 Å². The molecular formula is C22H27NO2. The first-order valence-electron chi connectivity index (χ1n) is 8.91. The van der Waals surface area contributed by atoms with Crippen LogP contribution in [0.2, 0.25) is 0 Å². The van der Waals surface area contributed by atoms with Gasteiger partial charge in [0, 0.05) is 11.1 Å². The topological polar surface area (TPSA) is 41.8 Å². The van der Waals surface area contributed by atoms with E-state index < -0.39 is 0 Å². The molecule has 0 aliphatic rings. The molecule has 0 aromatic heterocycles. The van der Waals surface area contributed by atoms with Gasteiger partial charge in [-0.15, -0.1) is 0 Å². The van der Waals surface area contributed by atoms with Gasteiger partial charge in [0.2, 0.25) is 0 Å². The van der Waals surface area contributed by atoms with Crippen molar-refractivity contribution in [2.75, 3.05) is 0 Å². The first-order chi connectivity index (χ1) is 12.1. The van der Waals surface area contributed by atoms with E-state index in [1.807, 2.05) is 60.7 Å². The fourth-order valence-electron chi connectivity index (χ4n) is 2.84. The standard InChI is InChI=1S/C22H27NO2/c1-4-22(5-2,6-3)25-20(24)17-23-21(18-13-9-7-10-14-18)19-15-11-8-12-16-19/h7-17,24H,4-6H2,1-3H3/b20-17+. The lowest BCUT2D eigenvalue weighted by atomic mass is 9.94. The van der Waals surface area contributed by atoms with Gasteiger partial charge in [-0.1, -0.05) is 81.4 Å². The number of rotatable bonds is 8. The highest BCUT2D eigenvalue weighted by molar-refractivity contribution is 6.13. The van der Waals surface area contributed by atoms with Gasteiger partial charge in [0.25, 0.3) is 5.95 Å². The highest BCUT2D eigenvalue weighted by atomic mass is 16.6. The molecule has 2 rings (SSSR count). The maximum Gasteiger partial charge on any atom is 0.296 e. The Bertz CT molecular complexity index is 652. The molecule has 0 fully saturated rings. The smallest absolute Gasteiger partial charge is 0.296 e. The van der Waals surface area contributed by atoms with Crippen LogP contribution in [0.5, 0.6) is 0 Å². The summed E-state index contributed by atoms with van der Waals surface area (Å²) in [5, 5.41) is 10.3. The van der Waals surface area contributed by atoms with E-state index in [1.165, 1.54) is 6.20 Å². The molecule has 0 bridgehead atoms. The molecule has 0 saturated carbocycles. The van der Waals surface area contributed by atoms with E-state index in [-0.39, 0.29) is 11.5 Å². The molecular weight excluding hydrogens is 310 g/mol. The van der Waals surface area contributed by atoms with Gasteiger partial charge in [0.1, 0.15) is 11.8 Å². The zero-order valence-electron chi connectivity index (χ0n) is 15.3. The molecule has 0 amide bonds. The fourth-order valence-corrected chi connectivity index (χ4v) is 2.84. The zero-order valence-corrected chi connectivity index (χ0v) is 15.3. The second kappa shape index (κ2) is 9.07. The van der Waals surface area contributed by atoms with Crippen LogP contribution in [-0.2, 0) is 4.74 Å². The van der Waals surface area contributed by atoms with Gasteiger partial charge in [0.15, 0.2) is 0 Å². The Morgan fingerprint density at radius 1 is 0.880 bits per heavy atom. The Balaban J connectivity index is 2.35. The van der Waals surface area contributed by atoms with E-state index in [9.17, 15) is 5.11 Å². The summed E-state index contributed by atoms with van der Waals surface area (Å²) in [6.45, 7) is 6.22. The summed E-state index contributed by atoms with van der Waals surface area (Å²) in [6, 6.07) is 19.9. The predicted molar refractivity (Wildman–Crippen MR) is 104 cm³/mol. The Kier molecular flexibility index (Phi) is 6.81. The van der Waals surface area contributed by atoms with Crippen LogP contribution in [0.3, 0.4) is 0 Å². The van der Waals surface area contributed by atoms with Crippen molar-refractivity contribution >= 4 is 5.71 Å². The van der Waals surface area contributed by atoms with Gasteiger partial charge >= 0.3 is 0 Å². The molecule has 0 spiro atoms. The maximum atomic E-state index is 10.3. The highest BCUT2D eigenvalue weighted by Gasteiger charge is 2.26. The van der Waals surface area contributed by atoms with Crippen LogP contribution < -0.4 is 0 Å². The quantitative estimate of drug-likeness (QED) is 0.484. The lowest BCUT2D eigenvalue weighted by Crippen LogP contribution is -2.29. The molecule has 0 heterocycles. The number of benzene rings is 2. The molecule has 3 nitrogen and oxygen atoms in total. The first-order valence-corrected chi connectivity index (χ1v) is 8.91. The van der Waals surface area contributed by atoms with E-state index in [1.54, 1.807) is 0 Å². The summed E-state index contributed by atoms with van der Waals surface area (Å²) in [7, 11) is 0. The molecule has 0 atom stereocenters. The monoisotopic (exact) mass is 337 g/mol. The third kappa shape index (κ3) is 4.96. The van der Waals surface area contributed by atoms with Crippen molar-refractivity contribution in [2.45, 2.75) is 45.6 Å². The van der Waals surface area contributed by atoms with Crippen molar-refractivity contribution in [3.8, 4) is 0 Å². The Labute approximate surface area is 150 Å². The maximum absolute atomic E-state index is 10.3. The first kappa shape index (κ1) is 18.8. The van der Waals surface area contributed by atoms with Crippen molar-refractivity contribution in [3.63, 3.8) is 0 Å². The summed E-state index contributed by atoms with van der Waals surface area (Å²) in [5.74, 6) is -0.144. The fraction of sp³-hybridized carbons (Fsp3) is 0.318. The summed E-state index contributed by atoms with van der Waals surface area (Å²) in [6.07, 6.45) is 3.93. The van der Waals surface area contributed by atoms with Crippen molar-refractivity contribution in [3.05, 3.63) is 83.9 Å². The number of hydrogen-bond acceptors (Lipinski definition) is 3. The number of hydrogen-bond donors (Lipinski definition) is 1. The van der Waals surface area contributed by atoms with Crippen LogP contribution in [0.25, 0.3) is 0 Å². The zero-order chi connectivity index (χ0) is 18.1. The van der Waals surface area contributed by atoms with Crippen LogP contribution in [0.1, 0.15) is 51.2 Å². The van der Waals surface area contributed by atoms with Crippen LogP contribution in [0, 0.1) is 0 Å². The molecule has 132 valence electrons. The number of aliphatic imine (C=N–C) groups is 1. The van der Waals surface area contributed by atoms with E-state index in [4.69, 9.17) is 4.74 Å². The van der Waals surface area contributed by atoms with E-state index in [0.717, 1.165) is 36.1 Å².